The number of anilines is 2. The Morgan fingerprint density at radius 3 is 2.90 bits per heavy atom. The summed E-state index contributed by atoms with van der Waals surface area (Å²) < 4.78 is 1.04. The van der Waals surface area contributed by atoms with Crippen LogP contribution in [0.2, 0.25) is 5.02 Å². The third-order valence-corrected chi connectivity index (χ3v) is 4.47. The Balaban J connectivity index is 1.82. The highest BCUT2D eigenvalue weighted by atomic mass is 127. The Kier molecular flexibility index (Phi) is 4.35. The van der Waals surface area contributed by atoms with Gasteiger partial charge in [-0.15, -0.1) is 0 Å². The molecule has 0 spiro atoms. The first kappa shape index (κ1) is 14.7. The molecular weight excluding hydrogens is 399 g/mol. The summed E-state index contributed by atoms with van der Waals surface area (Å²) in [6, 6.07) is 11.3. The van der Waals surface area contributed by atoms with Gasteiger partial charge in [0.05, 0.1) is 10.7 Å². The van der Waals surface area contributed by atoms with E-state index in [1.54, 1.807) is 0 Å². The van der Waals surface area contributed by atoms with Gasteiger partial charge in [0.2, 0.25) is 0 Å². The predicted molar refractivity (Wildman–Crippen MR) is 95.4 cm³/mol. The highest BCUT2D eigenvalue weighted by Crippen LogP contribution is 2.26. The zero-order valence-electron chi connectivity index (χ0n) is 11.2. The summed E-state index contributed by atoms with van der Waals surface area (Å²) in [5.41, 5.74) is 3.62. The highest BCUT2D eigenvalue weighted by molar-refractivity contribution is 14.1. The van der Waals surface area contributed by atoms with Crippen molar-refractivity contribution in [3.05, 3.63) is 56.1 Å². The van der Waals surface area contributed by atoms with E-state index in [0.29, 0.717) is 16.3 Å². The van der Waals surface area contributed by atoms with Gasteiger partial charge in [0, 0.05) is 21.4 Å². The lowest BCUT2D eigenvalue weighted by atomic mass is 10.0. The average molecular weight is 413 g/mol. The van der Waals surface area contributed by atoms with E-state index in [4.69, 9.17) is 11.6 Å². The molecule has 2 aromatic rings. The second kappa shape index (κ2) is 6.23. The van der Waals surface area contributed by atoms with Crippen LogP contribution in [0.3, 0.4) is 0 Å². The average Bonchev–Trinajstić information content (AvgIpc) is 2.49. The van der Waals surface area contributed by atoms with Crippen molar-refractivity contribution in [1.29, 1.82) is 0 Å². The van der Waals surface area contributed by atoms with Gasteiger partial charge in [-0.1, -0.05) is 11.6 Å². The fourth-order valence-electron chi connectivity index (χ4n) is 2.40. The van der Waals surface area contributed by atoms with Crippen LogP contribution in [-0.2, 0) is 6.42 Å². The zero-order valence-corrected chi connectivity index (χ0v) is 14.2. The summed E-state index contributed by atoms with van der Waals surface area (Å²) in [6.45, 7) is 0.997. The standard InChI is InChI=1S/C16H14ClIN2O/c17-13-9-12(18)4-6-15(13)20-16(21)11-3-5-14-10(8-11)2-1-7-19-14/h3-6,8-9,19H,1-2,7H2,(H,20,21). The molecule has 1 aliphatic rings. The number of amides is 1. The molecule has 1 amide bonds. The van der Waals surface area contributed by atoms with Gasteiger partial charge >= 0.3 is 0 Å². The van der Waals surface area contributed by atoms with Crippen molar-refractivity contribution in [2.45, 2.75) is 12.8 Å². The van der Waals surface area contributed by atoms with Crippen molar-refractivity contribution >= 4 is 51.5 Å². The van der Waals surface area contributed by atoms with E-state index in [1.165, 1.54) is 5.56 Å². The lowest BCUT2D eigenvalue weighted by Crippen LogP contribution is -2.15. The van der Waals surface area contributed by atoms with Crippen molar-refractivity contribution in [2.75, 3.05) is 17.2 Å². The first-order valence-corrected chi connectivity index (χ1v) is 8.22. The normalized spacial score (nSPS) is 13.2. The fourth-order valence-corrected chi connectivity index (χ4v) is 3.30. The Morgan fingerprint density at radius 2 is 2.10 bits per heavy atom. The number of rotatable bonds is 2. The maximum absolute atomic E-state index is 12.3. The first-order chi connectivity index (χ1) is 10.1. The van der Waals surface area contributed by atoms with Crippen molar-refractivity contribution in [3.63, 3.8) is 0 Å². The van der Waals surface area contributed by atoms with Crippen molar-refractivity contribution < 1.29 is 4.79 Å². The van der Waals surface area contributed by atoms with Crippen LogP contribution in [-0.4, -0.2) is 12.5 Å². The largest absolute Gasteiger partial charge is 0.385 e. The molecule has 0 bridgehead atoms. The summed E-state index contributed by atoms with van der Waals surface area (Å²) in [5.74, 6) is -0.133. The minimum absolute atomic E-state index is 0.133. The third kappa shape index (κ3) is 3.32. The molecule has 0 saturated heterocycles. The molecule has 1 heterocycles. The van der Waals surface area contributed by atoms with Gasteiger partial charge < -0.3 is 10.6 Å². The Hall–Kier alpha value is -1.27. The van der Waals surface area contributed by atoms with Gasteiger partial charge in [0.15, 0.2) is 0 Å². The SMILES string of the molecule is O=C(Nc1ccc(I)cc1Cl)c1ccc2c(c1)CCCN2. The van der Waals surface area contributed by atoms with E-state index in [2.05, 4.69) is 33.2 Å². The molecule has 0 aromatic heterocycles. The smallest absolute Gasteiger partial charge is 0.255 e. The van der Waals surface area contributed by atoms with Crippen molar-refractivity contribution in [3.8, 4) is 0 Å². The van der Waals surface area contributed by atoms with Crippen molar-refractivity contribution in [1.82, 2.24) is 0 Å². The van der Waals surface area contributed by atoms with Gasteiger partial charge in [-0.3, -0.25) is 4.79 Å². The molecule has 0 fully saturated rings. The second-order valence-corrected chi connectivity index (χ2v) is 6.63. The Bertz CT molecular complexity index is 703. The minimum atomic E-state index is -0.133. The number of hydrogen-bond acceptors (Lipinski definition) is 2. The molecule has 0 radical (unpaired) electrons. The lowest BCUT2D eigenvalue weighted by Gasteiger charge is -2.18. The van der Waals surface area contributed by atoms with E-state index in [0.717, 1.165) is 28.6 Å². The molecule has 108 valence electrons. The lowest BCUT2D eigenvalue weighted by molar-refractivity contribution is 0.102. The number of fused-ring (bicyclic) bond motifs is 1. The van der Waals surface area contributed by atoms with E-state index < -0.39 is 0 Å². The van der Waals surface area contributed by atoms with Crippen LogP contribution in [0, 0.1) is 3.57 Å². The van der Waals surface area contributed by atoms with E-state index in [9.17, 15) is 4.79 Å². The predicted octanol–water partition coefficient (Wildman–Crippen LogP) is 4.56. The molecule has 0 saturated carbocycles. The van der Waals surface area contributed by atoms with Crippen LogP contribution in [0.25, 0.3) is 0 Å². The number of nitrogens with one attached hydrogen (secondary N) is 2. The molecule has 5 heteroatoms. The third-order valence-electron chi connectivity index (χ3n) is 3.49. The first-order valence-electron chi connectivity index (χ1n) is 6.77. The molecule has 0 aliphatic carbocycles. The number of carbonyl (C=O) groups excluding carboxylic acids is 1. The maximum Gasteiger partial charge on any atom is 0.255 e. The number of benzene rings is 2. The zero-order chi connectivity index (χ0) is 14.8. The molecule has 3 rings (SSSR count). The van der Waals surface area contributed by atoms with Gasteiger partial charge in [0.1, 0.15) is 0 Å². The summed E-state index contributed by atoms with van der Waals surface area (Å²) in [5, 5.41) is 6.76. The van der Waals surface area contributed by atoms with E-state index in [-0.39, 0.29) is 5.91 Å². The van der Waals surface area contributed by atoms with Crippen LogP contribution in [0.5, 0.6) is 0 Å². The summed E-state index contributed by atoms with van der Waals surface area (Å²) in [6.07, 6.45) is 2.11. The topological polar surface area (TPSA) is 41.1 Å². The fraction of sp³-hybridized carbons (Fsp3) is 0.188. The molecule has 2 aromatic carbocycles. The van der Waals surface area contributed by atoms with Gasteiger partial charge in [0.25, 0.3) is 5.91 Å². The number of carbonyl (C=O) groups is 1. The summed E-state index contributed by atoms with van der Waals surface area (Å²) in [4.78, 5) is 12.3. The number of halogens is 2. The molecule has 0 unspecified atom stereocenters. The molecule has 2 N–H and O–H groups in total. The van der Waals surface area contributed by atoms with Gasteiger partial charge in [-0.05, 0) is 77.4 Å². The second-order valence-electron chi connectivity index (χ2n) is 4.98. The van der Waals surface area contributed by atoms with Crippen LogP contribution in [0.1, 0.15) is 22.3 Å². The van der Waals surface area contributed by atoms with Crippen LogP contribution in [0.15, 0.2) is 36.4 Å². The molecule has 0 atom stereocenters. The molecule has 3 nitrogen and oxygen atoms in total. The van der Waals surface area contributed by atoms with Gasteiger partial charge in [-0.25, -0.2) is 0 Å². The number of hydrogen-bond donors (Lipinski definition) is 2. The van der Waals surface area contributed by atoms with Crippen molar-refractivity contribution in [2.24, 2.45) is 0 Å². The Labute approximate surface area is 142 Å². The highest BCUT2D eigenvalue weighted by Gasteiger charge is 2.13. The molecule has 21 heavy (non-hydrogen) atoms. The quantitative estimate of drug-likeness (QED) is 0.710. The summed E-state index contributed by atoms with van der Waals surface area (Å²) >= 11 is 8.33. The maximum atomic E-state index is 12.3. The molecular formula is C16H14ClIN2O. The number of aryl methyl sites for hydroxylation is 1. The van der Waals surface area contributed by atoms with Gasteiger partial charge in [-0.2, -0.15) is 0 Å². The molecule has 1 aliphatic heterocycles. The Morgan fingerprint density at radius 1 is 1.24 bits per heavy atom. The van der Waals surface area contributed by atoms with Crippen LogP contribution >= 0.6 is 34.2 Å². The monoisotopic (exact) mass is 412 g/mol. The van der Waals surface area contributed by atoms with Crippen LogP contribution in [0.4, 0.5) is 11.4 Å². The van der Waals surface area contributed by atoms with E-state index in [1.807, 2.05) is 36.4 Å². The van der Waals surface area contributed by atoms with Crippen LogP contribution < -0.4 is 10.6 Å². The van der Waals surface area contributed by atoms with E-state index >= 15 is 0 Å². The summed E-state index contributed by atoms with van der Waals surface area (Å²) in [7, 11) is 0. The minimum Gasteiger partial charge on any atom is -0.385 e.